The molecule has 0 heterocycles. The van der Waals surface area contributed by atoms with Crippen molar-refractivity contribution in [2.45, 2.75) is 11.7 Å². The fourth-order valence-corrected chi connectivity index (χ4v) is 3.87. The van der Waals surface area contributed by atoms with Crippen LogP contribution in [-0.2, 0) is 25.2 Å². The van der Waals surface area contributed by atoms with E-state index < -0.39 is 39.2 Å². The second kappa shape index (κ2) is 11.0. The maximum Gasteiger partial charge on any atom is 0.437 e. The van der Waals surface area contributed by atoms with E-state index in [0.717, 1.165) is 18.6 Å². The average Bonchev–Trinajstić information content (AvgIpc) is 2.81. The molecule has 13 heteroatoms. The van der Waals surface area contributed by atoms with Crippen LogP contribution in [0, 0.1) is 0 Å². The molecular weight excluding hydrogens is 494 g/mol. The minimum Gasteiger partial charge on any atom is -0.496 e. The molecular formula is C22H22F2O10S. The third-order valence-electron chi connectivity index (χ3n) is 4.52. The second-order valence-corrected chi connectivity index (χ2v) is 8.70. The standard InChI is InChI=1S/C22H22F2O10S/c1-30-14-10-17(32-3)15(18(11-14)33-4)7-8-35(28,29)12-13-5-6-16(31-2)19(9-13)34-21(27)22(23,24)20(25)26/h5-11H,12H2,1-4H3,(H,25,26)/b8-7+. The Morgan fingerprint density at radius 2 is 1.49 bits per heavy atom. The van der Waals surface area contributed by atoms with Crippen LogP contribution in [0.15, 0.2) is 35.7 Å². The summed E-state index contributed by atoms with van der Waals surface area (Å²) >= 11 is 0. The molecule has 10 nitrogen and oxygen atoms in total. The molecule has 0 atom stereocenters. The number of rotatable bonds is 11. The number of carbonyl (C=O) groups is 2. The van der Waals surface area contributed by atoms with Gasteiger partial charge in [0.2, 0.25) is 0 Å². The van der Waals surface area contributed by atoms with Gasteiger partial charge in [-0.3, -0.25) is 0 Å². The highest BCUT2D eigenvalue weighted by Crippen LogP contribution is 2.35. The number of hydrogen-bond acceptors (Lipinski definition) is 9. The van der Waals surface area contributed by atoms with E-state index in [0.29, 0.717) is 11.3 Å². The first-order valence-electron chi connectivity index (χ1n) is 9.59. The van der Waals surface area contributed by atoms with Crippen LogP contribution in [0.4, 0.5) is 8.78 Å². The molecule has 190 valence electrons. The van der Waals surface area contributed by atoms with Crippen LogP contribution in [0.3, 0.4) is 0 Å². The van der Waals surface area contributed by atoms with Crippen molar-refractivity contribution in [1.29, 1.82) is 0 Å². The van der Waals surface area contributed by atoms with Gasteiger partial charge < -0.3 is 28.8 Å². The molecule has 0 amide bonds. The van der Waals surface area contributed by atoms with Gasteiger partial charge >= 0.3 is 17.9 Å². The Balaban J connectivity index is 2.35. The lowest BCUT2D eigenvalue weighted by molar-refractivity contribution is -0.180. The number of sulfone groups is 1. The number of carboxylic acids is 1. The normalized spacial score (nSPS) is 11.7. The smallest absolute Gasteiger partial charge is 0.437 e. The molecule has 0 aliphatic carbocycles. The van der Waals surface area contributed by atoms with Crippen LogP contribution in [0.5, 0.6) is 28.7 Å². The largest absolute Gasteiger partial charge is 0.496 e. The van der Waals surface area contributed by atoms with E-state index >= 15 is 0 Å². The van der Waals surface area contributed by atoms with Crippen LogP contribution in [0.2, 0.25) is 0 Å². The van der Waals surface area contributed by atoms with Gasteiger partial charge in [-0.15, -0.1) is 0 Å². The molecule has 0 aliphatic heterocycles. The quantitative estimate of drug-likeness (QED) is 0.270. The van der Waals surface area contributed by atoms with Crippen molar-refractivity contribution in [1.82, 2.24) is 0 Å². The van der Waals surface area contributed by atoms with Gasteiger partial charge in [-0.2, -0.15) is 8.78 Å². The Kier molecular flexibility index (Phi) is 8.63. The first-order valence-corrected chi connectivity index (χ1v) is 11.3. The monoisotopic (exact) mass is 516 g/mol. The van der Waals surface area contributed by atoms with Crippen molar-refractivity contribution in [2.24, 2.45) is 0 Å². The second-order valence-electron chi connectivity index (χ2n) is 6.81. The minimum atomic E-state index is -4.81. The number of esters is 1. The number of aliphatic carboxylic acids is 1. The van der Waals surface area contributed by atoms with Crippen molar-refractivity contribution in [3.05, 3.63) is 46.9 Å². The lowest BCUT2D eigenvalue weighted by atomic mass is 10.1. The number of halogens is 2. The molecule has 2 aromatic rings. The van der Waals surface area contributed by atoms with Crippen molar-refractivity contribution >= 4 is 27.9 Å². The summed E-state index contributed by atoms with van der Waals surface area (Å²) in [5.41, 5.74) is 0.366. The molecule has 2 aromatic carbocycles. The van der Waals surface area contributed by atoms with E-state index in [2.05, 4.69) is 4.74 Å². The van der Waals surface area contributed by atoms with E-state index in [1.807, 2.05) is 0 Å². The molecule has 0 unspecified atom stereocenters. The maximum atomic E-state index is 13.4. The summed E-state index contributed by atoms with van der Waals surface area (Å²) in [5, 5.41) is 9.38. The number of carbonyl (C=O) groups excluding carboxylic acids is 1. The van der Waals surface area contributed by atoms with Crippen LogP contribution >= 0.6 is 0 Å². The van der Waals surface area contributed by atoms with Gasteiger partial charge in [-0.1, -0.05) is 6.07 Å². The summed E-state index contributed by atoms with van der Waals surface area (Å²) in [6.45, 7) is 0. The van der Waals surface area contributed by atoms with Gasteiger partial charge in [0.05, 0.1) is 39.8 Å². The molecule has 0 aliphatic rings. The van der Waals surface area contributed by atoms with Gasteiger partial charge in [0, 0.05) is 17.5 Å². The highest BCUT2D eigenvalue weighted by molar-refractivity contribution is 7.93. The lowest BCUT2D eigenvalue weighted by Gasteiger charge is -2.14. The van der Waals surface area contributed by atoms with Crippen molar-refractivity contribution < 1.29 is 55.6 Å². The summed E-state index contributed by atoms with van der Waals surface area (Å²) in [6, 6.07) is 6.54. The predicted molar refractivity (Wildman–Crippen MR) is 119 cm³/mol. The molecule has 0 radical (unpaired) electrons. The number of ether oxygens (including phenoxy) is 5. The number of alkyl halides is 2. The van der Waals surface area contributed by atoms with Crippen molar-refractivity contribution in [3.8, 4) is 28.7 Å². The zero-order valence-electron chi connectivity index (χ0n) is 19.0. The molecule has 0 spiro atoms. The minimum absolute atomic E-state index is 0.0468. The summed E-state index contributed by atoms with van der Waals surface area (Å²) in [7, 11) is 1.41. The lowest BCUT2D eigenvalue weighted by Crippen LogP contribution is -2.40. The summed E-state index contributed by atoms with van der Waals surface area (Å²) in [4.78, 5) is 22.2. The Morgan fingerprint density at radius 1 is 0.914 bits per heavy atom. The number of carboxylic acid groups (broad SMARTS) is 1. The number of hydrogen-bond donors (Lipinski definition) is 1. The van der Waals surface area contributed by atoms with Gasteiger partial charge in [-0.05, 0) is 23.8 Å². The van der Waals surface area contributed by atoms with Crippen molar-refractivity contribution in [2.75, 3.05) is 28.4 Å². The van der Waals surface area contributed by atoms with Gasteiger partial charge in [0.15, 0.2) is 21.3 Å². The van der Waals surface area contributed by atoms with Crippen LogP contribution in [0.1, 0.15) is 11.1 Å². The first-order chi connectivity index (χ1) is 16.4. The average molecular weight is 516 g/mol. The number of benzene rings is 2. The van der Waals surface area contributed by atoms with Gasteiger partial charge in [0.1, 0.15) is 17.2 Å². The molecule has 1 N–H and O–H groups in total. The highest BCUT2D eigenvalue weighted by atomic mass is 32.2. The van der Waals surface area contributed by atoms with Crippen LogP contribution < -0.4 is 23.7 Å². The number of methoxy groups -OCH3 is 4. The van der Waals surface area contributed by atoms with E-state index in [-0.39, 0.29) is 22.8 Å². The Hall–Kier alpha value is -3.87. The zero-order valence-corrected chi connectivity index (χ0v) is 19.9. The highest BCUT2D eigenvalue weighted by Gasteiger charge is 2.50. The maximum absolute atomic E-state index is 13.4. The molecule has 0 saturated heterocycles. The molecule has 2 rings (SSSR count). The fourth-order valence-electron chi connectivity index (χ4n) is 2.79. The molecule has 0 bridgehead atoms. The molecule has 0 saturated carbocycles. The molecule has 0 fully saturated rings. The third-order valence-corrected chi connectivity index (χ3v) is 5.81. The van der Waals surface area contributed by atoms with Gasteiger partial charge in [-0.25, -0.2) is 18.0 Å². The Labute approximate surface area is 199 Å². The SMILES string of the molecule is COc1cc(OC)c(/C=C/S(=O)(=O)Cc2ccc(OC)c(OC(=O)C(F)(F)C(=O)O)c2)c(OC)c1. The van der Waals surface area contributed by atoms with Crippen molar-refractivity contribution in [3.63, 3.8) is 0 Å². The van der Waals surface area contributed by atoms with E-state index in [1.165, 1.54) is 51.7 Å². The Bertz CT molecular complexity index is 1210. The van der Waals surface area contributed by atoms with E-state index in [4.69, 9.17) is 24.1 Å². The van der Waals surface area contributed by atoms with E-state index in [1.54, 1.807) is 0 Å². The zero-order chi connectivity index (χ0) is 26.4. The first kappa shape index (κ1) is 27.4. The Morgan fingerprint density at radius 3 is 1.97 bits per heavy atom. The topological polar surface area (TPSA) is 135 Å². The molecule has 0 aromatic heterocycles. The van der Waals surface area contributed by atoms with E-state index in [9.17, 15) is 26.8 Å². The summed E-state index contributed by atoms with van der Waals surface area (Å²) in [5.74, 6) is -10.3. The molecule has 35 heavy (non-hydrogen) atoms. The summed E-state index contributed by atoms with van der Waals surface area (Å²) < 4.78 is 77.3. The fraction of sp³-hybridized carbons (Fsp3) is 0.273. The summed E-state index contributed by atoms with van der Waals surface area (Å²) in [6.07, 6.45) is 1.25. The van der Waals surface area contributed by atoms with Gasteiger partial charge in [0.25, 0.3) is 0 Å². The van der Waals surface area contributed by atoms with Crippen LogP contribution in [-0.4, -0.2) is 59.8 Å². The third kappa shape index (κ3) is 6.59. The predicted octanol–water partition coefficient (Wildman–Crippen LogP) is 2.93. The van der Waals surface area contributed by atoms with Crippen LogP contribution in [0.25, 0.3) is 6.08 Å².